The van der Waals surface area contributed by atoms with Crippen molar-refractivity contribution < 1.29 is 0 Å². The molecule has 1 aliphatic carbocycles. The Labute approximate surface area is 117 Å². The molecule has 0 aromatic heterocycles. The molecule has 0 radical (unpaired) electrons. The van der Waals surface area contributed by atoms with Gasteiger partial charge in [-0.1, -0.05) is 25.1 Å². The van der Waals surface area contributed by atoms with Crippen LogP contribution in [0.2, 0.25) is 0 Å². The van der Waals surface area contributed by atoms with Crippen molar-refractivity contribution in [1.82, 2.24) is 5.32 Å². The van der Waals surface area contributed by atoms with Gasteiger partial charge in [-0.15, -0.1) is 12.3 Å². The van der Waals surface area contributed by atoms with Gasteiger partial charge in [0.15, 0.2) is 0 Å². The SMILES string of the molecule is C#CCC(CC)NC(C)c1ccc2c(c1)CCCC2. The molecule has 0 fully saturated rings. The summed E-state index contributed by atoms with van der Waals surface area (Å²) < 4.78 is 0. The van der Waals surface area contributed by atoms with Gasteiger partial charge < -0.3 is 5.32 Å². The predicted octanol–water partition coefficient (Wildman–Crippen LogP) is 4.02. The van der Waals surface area contributed by atoms with E-state index in [0.29, 0.717) is 12.1 Å². The van der Waals surface area contributed by atoms with Crippen LogP contribution >= 0.6 is 0 Å². The van der Waals surface area contributed by atoms with Crippen molar-refractivity contribution in [2.24, 2.45) is 0 Å². The van der Waals surface area contributed by atoms with Gasteiger partial charge in [0, 0.05) is 18.5 Å². The molecule has 1 aliphatic rings. The van der Waals surface area contributed by atoms with Crippen LogP contribution in [0.1, 0.15) is 62.3 Å². The van der Waals surface area contributed by atoms with Gasteiger partial charge in [-0.05, 0) is 55.7 Å². The normalized spacial score (nSPS) is 17.3. The molecule has 0 amide bonds. The van der Waals surface area contributed by atoms with E-state index in [1.54, 1.807) is 11.1 Å². The van der Waals surface area contributed by atoms with Crippen molar-refractivity contribution in [1.29, 1.82) is 0 Å². The fraction of sp³-hybridized carbons (Fsp3) is 0.556. The maximum absolute atomic E-state index is 5.42. The number of aryl methyl sites for hydroxylation is 2. The second-order valence-electron chi connectivity index (χ2n) is 5.64. The zero-order valence-corrected chi connectivity index (χ0v) is 12.2. The Morgan fingerprint density at radius 1 is 1.26 bits per heavy atom. The molecular weight excluding hydrogens is 230 g/mol. The molecule has 1 heteroatoms. The van der Waals surface area contributed by atoms with Gasteiger partial charge in [-0.2, -0.15) is 0 Å². The van der Waals surface area contributed by atoms with Crippen LogP contribution in [0.15, 0.2) is 18.2 Å². The summed E-state index contributed by atoms with van der Waals surface area (Å²) in [6, 6.07) is 7.81. The van der Waals surface area contributed by atoms with E-state index in [9.17, 15) is 0 Å². The molecule has 102 valence electrons. The van der Waals surface area contributed by atoms with Crippen LogP contribution in [0.5, 0.6) is 0 Å². The lowest BCUT2D eigenvalue weighted by Crippen LogP contribution is -2.30. The minimum Gasteiger partial charge on any atom is -0.307 e. The van der Waals surface area contributed by atoms with Crippen LogP contribution in [0.3, 0.4) is 0 Å². The highest BCUT2D eigenvalue weighted by Crippen LogP contribution is 2.25. The Kier molecular flexibility index (Phi) is 5.05. The molecule has 2 atom stereocenters. The Balaban J connectivity index is 2.06. The third-order valence-electron chi connectivity index (χ3n) is 4.22. The maximum atomic E-state index is 5.42. The molecule has 0 heterocycles. The number of nitrogens with one attached hydrogen (secondary N) is 1. The molecule has 1 nitrogen and oxygen atoms in total. The molecule has 0 saturated carbocycles. The molecule has 0 aliphatic heterocycles. The fourth-order valence-corrected chi connectivity index (χ4v) is 2.94. The third kappa shape index (κ3) is 3.61. The summed E-state index contributed by atoms with van der Waals surface area (Å²) in [5.74, 6) is 2.76. The van der Waals surface area contributed by atoms with Gasteiger partial charge in [0.2, 0.25) is 0 Å². The van der Waals surface area contributed by atoms with E-state index < -0.39 is 0 Å². The number of benzene rings is 1. The van der Waals surface area contributed by atoms with E-state index in [-0.39, 0.29) is 0 Å². The second kappa shape index (κ2) is 6.78. The smallest absolute Gasteiger partial charge is 0.0294 e. The number of terminal acetylenes is 1. The van der Waals surface area contributed by atoms with Gasteiger partial charge in [0.05, 0.1) is 0 Å². The van der Waals surface area contributed by atoms with E-state index >= 15 is 0 Å². The van der Waals surface area contributed by atoms with Gasteiger partial charge in [0.25, 0.3) is 0 Å². The highest BCUT2D eigenvalue weighted by Gasteiger charge is 2.14. The van der Waals surface area contributed by atoms with Crippen LogP contribution in [-0.2, 0) is 12.8 Å². The molecule has 2 rings (SSSR count). The third-order valence-corrected chi connectivity index (χ3v) is 4.22. The fourth-order valence-electron chi connectivity index (χ4n) is 2.94. The van der Waals surface area contributed by atoms with Gasteiger partial charge in [-0.25, -0.2) is 0 Å². The topological polar surface area (TPSA) is 12.0 Å². The summed E-state index contributed by atoms with van der Waals surface area (Å²) >= 11 is 0. The van der Waals surface area contributed by atoms with Crippen molar-refractivity contribution in [3.8, 4) is 12.3 Å². The summed E-state index contributed by atoms with van der Waals surface area (Å²) in [5, 5.41) is 3.65. The highest BCUT2D eigenvalue weighted by atomic mass is 14.9. The first-order valence-corrected chi connectivity index (χ1v) is 7.55. The predicted molar refractivity (Wildman–Crippen MR) is 82.2 cm³/mol. The first-order chi connectivity index (χ1) is 9.24. The lowest BCUT2D eigenvalue weighted by molar-refractivity contribution is 0.448. The standard InChI is InChI=1S/C18H25N/c1-4-8-18(5-2)19-14(3)16-12-11-15-9-6-7-10-17(15)13-16/h1,11-14,18-19H,5-10H2,2-3H3. The van der Waals surface area contributed by atoms with E-state index in [0.717, 1.165) is 12.8 Å². The van der Waals surface area contributed by atoms with Gasteiger partial charge in [0.1, 0.15) is 0 Å². The van der Waals surface area contributed by atoms with Crippen LogP contribution in [-0.4, -0.2) is 6.04 Å². The largest absolute Gasteiger partial charge is 0.307 e. The van der Waals surface area contributed by atoms with Crippen molar-refractivity contribution in [2.45, 2.75) is 64.5 Å². The quantitative estimate of drug-likeness (QED) is 0.784. The molecule has 0 spiro atoms. The van der Waals surface area contributed by atoms with E-state index in [1.807, 2.05) is 0 Å². The van der Waals surface area contributed by atoms with Crippen molar-refractivity contribution in [3.05, 3.63) is 34.9 Å². The average molecular weight is 255 g/mol. The average Bonchev–Trinajstić information content (AvgIpc) is 2.46. The Hall–Kier alpha value is -1.26. The number of hydrogen-bond donors (Lipinski definition) is 1. The van der Waals surface area contributed by atoms with Crippen LogP contribution < -0.4 is 5.32 Å². The molecular formula is C18H25N. The molecule has 1 aromatic rings. The zero-order valence-electron chi connectivity index (χ0n) is 12.2. The molecule has 0 bridgehead atoms. The van der Waals surface area contributed by atoms with Crippen LogP contribution in [0.4, 0.5) is 0 Å². The second-order valence-corrected chi connectivity index (χ2v) is 5.64. The minimum atomic E-state index is 0.380. The molecule has 19 heavy (non-hydrogen) atoms. The number of rotatable bonds is 5. The lowest BCUT2D eigenvalue weighted by atomic mass is 9.89. The van der Waals surface area contributed by atoms with Crippen molar-refractivity contribution in [3.63, 3.8) is 0 Å². The maximum Gasteiger partial charge on any atom is 0.0294 e. The first-order valence-electron chi connectivity index (χ1n) is 7.55. The van der Waals surface area contributed by atoms with E-state index in [1.165, 1.54) is 31.2 Å². The molecule has 0 saturated heterocycles. The highest BCUT2D eigenvalue weighted by molar-refractivity contribution is 5.35. The number of fused-ring (bicyclic) bond motifs is 1. The summed E-state index contributed by atoms with van der Waals surface area (Å²) in [6.07, 6.45) is 12.5. The van der Waals surface area contributed by atoms with E-state index in [4.69, 9.17) is 6.42 Å². The summed E-state index contributed by atoms with van der Waals surface area (Å²) in [6.45, 7) is 4.43. The monoisotopic (exact) mass is 255 g/mol. The van der Waals surface area contributed by atoms with Gasteiger partial charge >= 0.3 is 0 Å². The van der Waals surface area contributed by atoms with Crippen molar-refractivity contribution >= 4 is 0 Å². The number of hydrogen-bond acceptors (Lipinski definition) is 1. The first kappa shape index (κ1) is 14.2. The van der Waals surface area contributed by atoms with Gasteiger partial charge in [-0.3, -0.25) is 0 Å². The lowest BCUT2D eigenvalue weighted by Gasteiger charge is -2.23. The molecule has 1 aromatic carbocycles. The summed E-state index contributed by atoms with van der Waals surface area (Å²) in [5.41, 5.74) is 4.51. The summed E-state index contributed by atoms with van der Waals surface area (Å²) in [7, 11) is 0. The van der Waals surface area contributed by atoms with E-state index in [2.05, 4.69) is 43.3 Å². The Morgan fingerprint density at radius 3 is 2.68 bits per heavy atom. The van der Waals surface area contributed by atoms with Crippen LogP contribution in [0, 0.1) is 12.3 Å². The Morgan fingerprint density at radius 2 is 2.00 bits per heavy atom. The molecule has 2 unspecified atom stereocenters. The minimum absolute atomic E-state index is 0.380. The Bertz CT molecular complexity index is 455. The molecule has 1 N–H and O–H groups in total. The zero-order chi connectivity index (χ0) is 13.7. The van der Waals surface area contributed by atoms with Crippen molar-refractivity contribution in [2.75, 3.05) is 0 Å². The van der Waals surface area contributed by atoms with Crippen LogP contribution in [0.25, 0.3) is 0 Å². The summed E-state index contributed by atoms with van der Waals surface area (Å²) in [4.78, 5) is 0.